The summed E-state index contributed by atoms with van der Waals surface area (Å²) in [5.41, 5.74) is 2.31. The maximum atomic E-state index is 12.2. The molecule has 7 nitrogen and oxygen atoms in total. The lowest BCUT2D eigenvalue weighted by molar-refractivity contribution is -0.114. The van der Waals surface area contributed by atoms with Gasteiger partial charge in [0.25, 0.3) is 0 Å². The first-order chi connectivity index (χ1) is 11.0. The van der Waals surface area contributed by atoms with Crippen molar-refractivity contribution in [3.63, 3.8) is 0 Å². The number of anilines is 1. The first-order valence-electron chi connectivity index (χ1n) is 7.50. The van der Waals surface area contributed by atoms with E-state index in [1.54, 1.807) is 11.6 Å². The molecule has 1 aliphatic rings. The van der Waals surface area contributed by atoms with Gasteiger partial charge in [-0.2, -0.15) is 4.68 Å². The smallest absolute Gasteiger partial charge is 0.248 e. The van der Waals surface area contributed by atoms with Crippen LogP contribution in [0.15, 0.2) is 35.5 Å². The summed E-state index contributed by atoms with van der Waals surface area (Å²) in [7, 11) is 0. The van der Waals surface area contributed by atoms with Gasteiger partial charge in [-0.05, 0) is 55.8 Å². The Kier molecular flexibility index (Phi) is 3.85. The topological polar surface area (TPSA) is 81.9 Å². The number of rotatable bonds is 4. The molecule has 0 bridgehead atoms. The van der Waals surface area contributed by atoms with Crippen LogP contribution in [0, 0.1) is 0 Å². The van der Waals surface area contributed by atoms with Crippen LogP contribution in [-0.4, -0.2) is 32.1 Å². The predicted octanol–water partition coefficient (Wildman–Crippen LogP) is 2.34. The molecule has 1 N–H and O–H groups in total. The van der Waals surface area contributed by atoms with Crippen molar-refractivity contribution in [1.82, 2.24) is 20.2 Å². The first-order valence-corrected chi connectivity index (χ1v) is 7.50. The zero-order valence-electron chi connectivity index (χ0n) is 13.6. The SMILES string of the molecule is CC(=O)C1=C(C)Nc2nnnn2C1c1cccc(OC(C)C)c1. The van der Waals surface area contributed by atoms with E-state index in [1.807, 2.05) is 45.0 Å². The van der Waals surface area contributed by atoms with Gasteiger partial charge < -0.3 is 10.1 Å². The number of hydrogen-bond acceptors (Lipinski definition) is 6. The van der Waals surface area contributed by atoms with E-state index in [0.717, 1.165) is 17.0 Å². The minimum Gasteiger partial charge on any atom is -0.491 e. The van der Waals surface area contributed by atoms with Crippen molar-refractivity contribution in [2.24, 2.45) is 0 Å². The Morgan fingerprint density at radius 2 is 2.17 bits per heavy atom. The third kappa shape index (κ3) is 2.81. The van der Waals surface area contributed by atoms with Crippen LogP contribution < -0.4 is 10.1 Å². The maximum Gasteiger partial charge on any atom is 0.248 e. The number of ether oxygens (including phenoxy) is 1. The number of carbonyl (C=O) groups is 1. The van der Waals surface area contributed by atoms with Crippen molar-refractivity contribution < 1.29 is 9.53 Å². The number of nitrogens with one attached hydrogen (secondary N) is 1. The molecule has 0 spiro atoms. The number of fused-ring (bicyclic) bond motifs is 1. The van der Waals surface area contributed by atoms with Crippen LogP contribution in [0.25, 0.3) is 0 Å². The van der Waals surface area contributed by atoms with Crippen LogP contribution >= 0.6 is 0 Å². The number of benzene rings is 1. The van der Waals surface area contributed by atoms with E-state index < -0.39 is 0 Å². The van der Waals surface area contributed by atoms with Gasteiger partial charge in [0.15, 0.2) is 5.78 Å². The van der Waals surface area contributed by atoms with Crippen molar-refractivity contribution in [2.75, 3.05) is 5.32 Å². The van der Waals surface area contributed by atoms with Crippen LogP contribution in [0.3, 0.4) is 0 Å². The molecule has 0 radical (unpaired) electrons. The molecule has 2 heterocycles. The van der Waals surface area contributed by atoms with E-state index in [9.17, 15) is 4.79 Å². The zero-order chi connectivity index (χ0) is 16.6. The van der Waals surface area contributed by atoms with Gasteiger partial charge in [-0.25, -0.2) is 0 Å². The van der Waals surface area contributed by atoms with Gasteiger partial charge in [0.1, 0.15) is 11.8 Å². The maximum absolute atomic E-state index is 12.2. The van der Waals surface area contributed by atoms with Crippen molar-refractivity contribution in [1.29, 1.82) is 0 Å². The van der Waals surface area contributed by atoms with Crippen molar-refractivity contribution in [3.8, 4) is 5.75 Å². The molecule has 23 heavy (non-hydrogen) atoms. The molecule has 1 aromatic heterocycles. The van der Waals surface area contributed by atoms with E-state index in [1.165, 1.54) is 0 Å². The molecule has 0 amide bonds. The molecule has 7 heteroatoms. The summed E-state index contributed by atoms with van der Waals surface area (Å²) in [5.74, 6) is 1.26. The highest BCUT2D eigenvalue weighted by atomic mass is 16.5. The molecule has 0 saturated heterocycles. The molecule has 2 aromatic rings. The van der Waals surface area contributed by atoms with Crippen LogP contribution in [0.2, 0.25) is 0 Å². The lowest BCUT2D eigenvalue weighted by atomic mass is 9.93. The molecule has 3 rings (SSSR count). The number of allylic oxidation sites excluding steroid dienone is 2. The minimum absolute atomic E-state index is 0.0173. The fourth-order valence-corrected chi connectivity index (χ4v) is 2.81. The van der Waals surface area contributed by atoms with Crippen LogP contribution in [0.1, 0.15) is 39.3 Å². The van der Waals surface area contributed by atoms with Crippen LogP contribution in [0.4, 0.5) is 5.95 Å². The highest BCUT2D eigenvalue weighted by molar-refractivity contribution is 5.96. The summed E-state index contributed by atoms with van der Waals surface area (Å²) in [6, 6.07) is 7.32. The number of hydrogen-bond donors (Lipinski definition) is 1. The fourth-order valence-electron chi connectivity index (χ4n) is 2.81. The van der Waals surface area contributed by atoms with Crippen LogP contribution in [-0.2, 0) is 4.79 Å². The lowest BCUT2D eigenvalue weighted by Crippen LogP contribution is -2.27. The Morgan fingerprint density at radius 3 is 2.87 bits per heavy atom. The van der Waals surface area contributed by atoms with Gasteiger partial charge in [0.2, 0.25) is 5.95 Å². The fraction of sp³-hybridized carbons (Fsp3) is 0.375. The number of aromatic nitrogens is 4. The minimum atomic E-state index is -0.366. The third-order valence-corrected chi connectivity index (χ3v) is 3.64. The quantitative estimate of drug-likeness (QED) is 0.933. The van der Waals surface area contributed by atoms with E-state index >= 15 is 0 Å². The van der Waals surface area contributed by atoms with Crippen LogP contribution in [0.5, 0.6) is 5.75 Å². The summed E-state index contributed by atoms with van der Waals surface area (Å²) < 4.78 is 7.38. The average Bonchev–Trinajstić information content (AvgIpc) is 2.92. The Labute approximate surface area is 134 Å². The molecule has 0 aliphatic carbocycles. The summed E-state index contributed by atoms with van der Waals surface area (Å²) in [4.78, 5) is 12.2. The van der Waals surface area contributed by atoms with Gasteiger partial charge in [0, 0.05) is 11.3 Å². The largest absolute Gasteiger partial charge is 0.491 e. The predicted molar refractivity (Wildman–Crippen MR) is 85.2 cm³/mol. The van der Waals surface area contributed by atoms with Gasteiger partial charge in [-0.3, -0.25) is 4.79 Å². The molecule has 1 aromatic carbocycles. The second-order valence-corrected chi connectivity index (χ2v) is 5.81. The molecule has 1 aliphatic heterocycles. The monoisotopic (exact) mass is 313 g/mol. The van der Waals surface area contributed by atoms with E-state index in [2.05, 4.69) is 20.8 Å². The van der Waals surface area contributed by atoms with Crippen molar-refractivity contribution in [2.45, 2.75) is 39.8 Å². The third-order valence-electron chi connectivity index (χ3n) is 3.64. The molecular weight excluding hydrogens is 294 g/mol. The summed E-state index contributed by atoms with van der Waals surface area (Å²) >= 11 is 0. The molecular formula is C16H19N5O2. The number of ketones is 1. The van der Waals surface area contributed by atoms with E-state index in [-0.39, 0.29) is 17.9 Å². The van der Waals surface area contributed by atoms with E-state index in [4.69, 9.17) is 4.74 Å². The summed E-state index contributed by atoms with van der Waals surface area (Å²) in [6.45, 7) is 7.36. The summed E-state index contributed by atoms with van der Waals surface area (Å²) in [5, 5.41) is 14.8. The molecule has 1 unspecified atom stereocenters. The average molecular weight is 313 g/mol. The van der Waals surface area contributed by atoms with E-state index in [0.29, 0.717) is 11.5 Å². The summed E-state index contributed by atoms with van der Waals surface area (Å²) in [6.07, 6.45) is 0.0754. The number of carbonyl (C=O) groups excluding carboxylic acids is 1. The second kappa shape index (κ2) is 5.83. The highest BCUT2D eigenvalue weighted by Gasteiger charge is 2.32. The van der Waals surface area contributed by atoms with Gasteiger partial charge >= 0.3 is 0 Å². The number of Topliss-reactive ketones (excluding diaryl/α,β-unsaturated/α-hetero) is 1. The molecule has 0 fully saturated rings. The first kappa shape index (κ1) is 15.2. The van der Waals surface area contributed by atoms with Gasteiger partial charge in [-0.15, -0.1) is 0 Å². The Balaban J connectivity index is 2.11. The zero-order valence-corrected chi connectivity index (χ0v) is 13.6. The van der Waals surface area contributed by atoms with Gasteiger partial charge in [-0.1, -0.05) is 17.2 Å². The molecule has 1 atom stereocenters. The lowest BCUT2D eigenvalue weighted by Gasteiger charge is -2.27. The second-order valence-electron chi connectivity index (χ2n) is 5.81. The number of tetrazole rings is 1. The Morgan fingerprint density at radius 1 is 1.39 bits per heavy atom. The Hall–Kier alpha value is -2.70. The van der Waals surface area contributed by atoms with Crippen molar-refractivity contribution in [3.05, 3.63) is 41.1 Å². The highest BCUT2D eigenvalue weighted by Crippen LogP contribution is 2.35. The normalized spacial score (nSPS) is 17.0. The molecule has 0 saturated carbocycles. The standard InChI is InChI=1S/C16H19N5O2/c1-9(2)23-13-7-5-6-12(8-13)15-14(11(4)22)10(3)17-16-18-19-20-21(15)16/h5-9,15H,1-4H3,(H,17,18,20). The van der Waals surface area contributed by atoms with Gasteiger partial charge in [0.05, 0.1) is 6.10 Å². The molecule has 120 valence electrons. The number of nitrogens with zero attached hydrogens (tertiary/aromatic N) is 4. The Bertz CT molecular complexity index is 778. The van der Waals surface area contributed by atoms with Crippen molar-refractivity contribution >= 4 is 11.7 Å².